The van der Waals surface area contributed by atoms with Gasteiger partial charge in [-0.15, -0.1) is 5.10 Å². The summed E-state index contributed by atoms with van der Waals surface area (Å²) in [6.45, 7) is 1.78. The van der Waals surface area contributed by atoms with Crippen LogP contribution in [0.3, 0.4) is 0 Å². The van der Waals surface area contributed by atoms with Crippen molar-refractivity contribution in [1.82, 2.24) is 25.7 Å². The molecule has 0 aliphatic rings. The van der Waals surface area contributed by atoms with E-state index in [1.165, 1.54) is 16.8 Å². The number of unbranched alkanes of at least 4 members (excludes halogenated alkanes) is 3. The average molecular weight is 1150 g/mol. The van der Waals surface area contributed by atoms with E-state index in [1.807, 2.05) is 6.07 Å². The zero-order valence-corrected chi connectivity index (χ0v) is 45.0. The molecule has 14 N–H and O–H groups in total. The van der Waals surface area contributed by atoms with Crippen LogP contribution in [-0.4, -0.2) is 125 Å². The quantitative estimate of drug-likeness (QED) is 0.0205. The number of anilines is 3. The molecule has 0 spiro atoms. The first-order chi connectivity index (χ1) is 38.8. The highest BCUT2D eigenvalue weighted by molar-refractivity contribution is 6.06. The monoisotopic (exact) mass is 1150 g/mol. The van der Waals surface area contributed by atoms with E-state index in [9.17, 15) is 82.4 Å². The maximum absolute atomic E-state index is 14.1. The number of rotatable bonds is 36. The van der Waals surface area contributed by atoms with Gasteiger partial charge in [0.15, 0.2) is 5.82 Å². The van der Waals surface area contributed by atoms with Gasteiger partial charge in [0.1, 0.15) is 29.5 Å². The van der Waals surface area contributed by atoms with Gasteiger partial charge in [-0.3, -0.25) is 43.2 Å². The fourth-order valence-corrected chi connectivity index (χ4v) is 8.68. The second-order valence-electron chi connectivity index (χ2n) is 19.7. The van der Waals surface area contributed by atoms with Crippen molar-refractivity contribution in [3.63, 3.8) is 0 Å². The number of carboxylic acids is 5. The number of benzene rings is 3. The van der Waals surface area contributed by atoms with E-state index in [4.69, 9.17) is 16.6 Å². The highest BCUT2D eigenvalue weighted by Crippen LogP contribution is 2.34. The summed E-state index contributed by atoms with van der Waals surface area (Å²) in [5.74, 6) is -14.1. The number of aliphatic carboxylic acids is 5. The molecular weight excluding hydrogens is 1080 g/mol. The number of carbonyl (C=O) groups is 12. The number of nitrogens with one attached hydrogen (secondary N) is 5. The van der Waals surface area contributed by atoms with Crippen molar-refractivity contribution in [3.8, 4) is 11.1 Å². The van der Waals surface area contributed by atoms with Crippen LogP contribution in [0.25, 0.3) is 22.0 Å². The summed E-state index contributed by atoms with van der Waals surface area (Å²) in [6.07, 6.45) is -3.69. The Bertz CT molecular complexity index is 3000. The standard InChI is InChI=1S/C55H68FN9O17/c1-30-11-20-38(56)41(27-30)62-55(82)59-34-16-12-31(13-17-34)37-7-6-8-42-49(37)50(58)64-65(42)47(71)10-5-3-2-4-9-44(68)63-43(57)23-19-36(67)29-33(52(76)77)15-24-45(69)60-39(53(78)79)21-18-35(66)28-32(51(74)75)14-25-46(70)61-40(54(80)81)22-26-48(72)73/h6-8,11-13,16-17,20,27,32-33,39-40,43H,2-5,9-10,14-15,18-19,21-26,28-29,57H2,1H3,(H2,58,64)(H,60,69)(H,61,70)(H,63,68)(H,72,73)(H,74,75)(H,76,77)(H,78,79)(H,80,81)(H2,59,62,82)/t32-,33-,39+,40+,43+/m1/s1. The lowest BCUT2D eigenvalue weighted by Gasteiger charge is -2.17. The molecule has 0 unspecified atom stereocenters. The van der Waals surface area contributed by atoms with Crippen molar-refractivity contribution < 1.29 is 87.5 Å². The summed E-state index contributed by atoms with van der Waals surface area (Å²) in [7, 11) is 0. The number of Topliss-reactive ketones (excluding diaryl/α,β-unsaturated/α-hetero) is 2. The molecule has 442 valence electrons. The third-order valence-electron chi connectivity index (χ3n) is 13.1. The Morgan fingerprint density at radius 3 is 1.67 bits per heavy atom. The van der Waals surface area contributed by atoms with Gasteiger partial charge in [0, 0.05) is 63.5 Å². The molecule has 4 rings (SSSR count). The van der Waals surface area contributed by atoms with Crippen molar-refractivity contribution in [2.75, 3.05) is 16.4 Å². The molecule has 1 aromatic heterocycles. The molecule has 0 bridgehead atoms. The fourth-order valence-electron chi connectivity index (χ4n) is 8.68. The number of nitrogens with two attached hydrogens (primary N) is 2. The minimum atomic E-state index is -1.64. The third kappa shape index (κ3) is 21.8. The normalized spacial score (nSPS) is 12.9. The molecule has 0 radical (unpaired) electrons. The van der Waals surface area contributed by atoms with E-state index in [0.717, 1.165) is 11.1 Å². The lowest BCUT2D eigenvalue weighted by molar-refractivity contribution is -0.145. The molecule has 5 atom stereocenters. The number of nitrogen functional groups attached to an aromatic ring is 1. The van der Waals surface area contributed by atoms with Crippen molar-refractivity contribution in [2.45, 2.75) is 141 Å². The first kappa shape index (κ1) is 65.4. The molecule has 4 aromatic rings. The maximum Gasteiger partial charge on any atom is 0.326 e. The lowest BCUT2D eigenvalue weighted by Crippen LogP contribution is -2.42. The van der Waals surface area contributed by atoms with E-state index in [-0.39, 0.29) is 55.4 Å². The van der Waals surface area contributed by atoms with Crippen molar-refractivity contribution >= 4 is 99.2 Å². The zero-order chi connectivity index (χ0) is 60.6. The first-order valence-electron chi connectivity index (χ1n) is 26.4. The molecule has 5 amide bonds. The number of ketones is 2. The number of fused-ring (bicyclic) bond motifs is 1. The molecule has 27 heteroatoms. The number of nitrogens with zero attached hydrogens (tertiary/aromatic N) is 2. The molecule has 0 aliphatic heterocycles. The molecular formula is C55H68FN9O17. The van der Waals surface area contributed by atoms with Crippen LogP contribution in [0.4, 0.5) is 26.4 Å². The first-order valence-corrected chi connectivity index (χ1v) is 26.4. The Kier molecular flexibility index (Phi) is 25.7. The Hall–Kier alpha value is -9.14. The highest BCUT2D eigenvalue weighted by atomic mass is 19.1. The number of hydrogen-bond acceptors (Lipinski definition) is 15. The van der Waals surface area contributed by atoms with Crippen LogP contribution >= 0.6 is 0 Å². The van der Waals surface area contributed by atoms with Crippen molar-refractivity contribution in [3.05, 3.63) is 72.0 Å². The van der Waals surface area contributed by atoms with Crippen molar-refractivity contribution in [2.24, 2.45) is 17.6 Å². The summed E-state index contributed by atoms with van der Waals surface area (Å²) in [5, 5.41) is 63.9. The predicted octanol–water partition coefficient (Wildman–Crippen LogP) is 5.20. The minimum absolute atomic E-state index is 0.0259. The number of hydrogen-bond donors (Lipinski definition) is 12. The van der Waals surface area contributed by atoms with Gasteiger partial charge in [-0.2, -0.15) is 4.68 Å². The Morgan fingerprint density at radius 1 is 0.585 bits per heavy atom. The van der Waals surface area contributed by atoms with E-state index in [2.05, 4.69) is 31.7 Å². The van der Waals surface area contributed by atoms with Crippen LogP contribution < -0.4 is 38.1 Å². The molecule has 82 heavy (non-hydrogen) atoms. The number of aryl methyl sites for hydroxylation is 1. The van der Waals surface area contributed by atoms with Gasteiger partial charge in [0.2, 0.25) is 23.6 Å². The van der Waals surface area contributed by atoms with Crippen LogP contribution in [0.1, 0.15) is 126 Å². The van der Waals surface area contributed by atoms with Crippen LogP contribution in [0.15, 0.2) is 60.7 Å². The Balaban J connectivity index is 1.12. The van der Waals surface area contributed by atoms with Gasteiger partial charge in [0.25, 0.3) is 0 Å². The van der Waals surface area contributed by atoms with Crippen LogP contribution in [-0.2, 0) is 47.9 Å². The van der Waals surface area contributed by atoms with E-state index < -0.39 is 153 Å². The SMILES string of the molecule is Cc1ccc(F)c(NC(=O)Nc2ccc(-c3cccc4c3c(N)nn4C(=O)CCCCCCC(=O)N[C@H](N)CCC(=O)C[C@@H](CCC(=O)N[C@@H](CCC(=O)C[C@@H](CCC(=O)N[C@@H](CCC(=O)O)C(=O)O)C(=O)O)C(=O)O)C(=O)O)cc2)c1. The topological polar surface area (TPSA) is 436 Å². The summed E-state index contributed by atoms with van der Waals surface area (Å²) < 4.78 is 15.4. The van der Waals surface area contributed by atoms with Crippen LogP contribution in [0, 0.1) is 24.6 Å². The zero-order valence-electron chi connectivity index (χ0n) is 45.0. The molecule has 26 nitrogen and oxygen atoms in total. The maximum atomic E-state index is 14.1. The van der Waals surface area contributed by atoms with Crippen molar-refractivity contribution in [1.29, 1.82) is 0 Å². The number of carbonyl (C=O) groups excluding carboxylic acids is 7. The second kappa shape index (κ2) is 32.2. The molecule has 3 aromatic carbocycles. The van der Waals surface area contributed by atoms with Gasteiger partial charge < -0.3 is 63.6 Å². The largest absolute Gasteiger partial charge is 0.481 e. The van der Waals surface area contributed by atoms with Gasteiger partial charge in [-0.25, -0.2) is 18.8 Å². The second-order valence-corrected chi connectivity index (χ2v) is 19.7. The summed E-state index contributed by atoms with van der Waals surface area (Å²) in [5.41, 5.74) is 15.6. The Morgan fingerprint density at radius 2 is 1.12 bits per heavy atom. The molecule has 0 fully saturated rings. The fraction of sp³-hybridized carbons (Fsp3) is 0.436. The third-order valence-corrected chi connectivity index (χ3v) is 13.1. The predicted molar refractivity (Wildman–Crippen MR) is 292 cm³/mol. The summed E-state index contributed by atoms with van der Waals surface area (Å²) >= 11 is 0. The minimum Gasteiger partial charge on any atom is -0.481 e. The molecule has 0 saturated carbocycles. The number of carboxylic acid groups (broad SMARTS) is 5. The van der Waals surface area contributed by atoms with Gasteiger partial charge in [-0.1, -0.05) is 43.2 Å². The molecule has 0 saturated heterocycles. The van der Waals surface area contributed by atoms with Crippen LogP contribution in [0.5, 0.6) is 0 Å². The summed E-state index contributed by atoms with van der Waals surface area (Å²) in [4.78, 5) is 147. The number of urea groups is 1. The van der Waals surface area contributed by atoms with Gasteiger partial charge in [-0.05, 0) is 98.9 Å². The average Bonchev–Trinajstić information content (AvgIpc) is 3.75. The van der Waals surface area contributed by atoms with E-state index in [1.54, 1.807) is 49.4 Å². The lowest BCUT2D eigenvalue weighted by atomic mass is 9.94. The number of halogens is 1. The van der Waals surface area contributed by atoms with Gasteiger partial charge in [0.05, 0.1) is 34.6 Å². The molecule has 0 aliphatic carbocycles. The number of amides is 5. The van der Waals surface area contributed by atoms with E-state index in [0.29, 0.717) is 47.8 Å². The summed E-state index contributed by atoms with van der Waals surface area (Å²) in [6, 6.07) is 12.8. The number of aromatic nitrogens is 2. The van der Waals surface area contributed by atoms with Gasteiger partial charge >= 0.3 is 35.9 Å². The smallest absolute Gasteiger partial charge is 0.326 e. The molecule has 1 heterocycles. The van der Waals surface area contributed by atoms with E-state index >= 15 is 0 Å². The Labute approximate surface area is 468 Å². The highest BCUT2D eigenvalue weighted by Gasteiger charge is 2.29. The van der Waals surface area contributed by atoms with Crippen LogP contribution in [0.2, 0.25) is 0 Å².